The fraction of sp³-hybridized carbons (Fsp3) is 0.0500. The molecule has 7 aromatic rings. The molecule has 0 bridgehead atoms. The first-order chi connectivity index (χ1) is 22.3. The average Bonchev–Trinajstić information content (AvgIpc) is 3.66. The van der Waals surface area contributed by atoms with Crippen molar-refractivity contribution in [2.75, 3.05) is 10.1 Å². The van der Waals surface area contributed by atoms with Crippen LogP contribution in [-0.2, 0) is 0 Å². The molecule has 0 saturated carbocycles. The van der Waals surface area contributed by atoms with Crippen LogP contribution in [0.3, 0.4) is 0 Å². The number of nitrogens with zero attached hydrogens (tertiary/aromatic N) is 1. The van der Waals surface area contributed by atoms with E-state index >= 15 is 0 Å². The number of hydrogen-bond acceptors (Lipinski definition) is 4. The van der Waals surface area contributed by atoms with Crippen molar-refractivity contribution < 1.29 is 0 Å². The summed E-state index contributed by atoms with van der Waals surface area (Å²) in [5.41, 5.74) is 10.0. The number of nitrogens with one attached hydrogen (secondary N) is 1. The Kier molecular flexibility index (Phi) is 6.46. The van der Waals surface area contributed by atoms with E-state index in [4.69, 9.17) is 0 Å². The molecule has 3 heterocycles. The topological polar surface area (TPSA) is 15.3 Å². The maximum atomic E-state index is 3.99. The first-order valence-electron chi connectivity index (χ1n) is 15.4. The van der Waals surface area contributed by atoms with Gasteiger partial charge in [0.05, 0.1) is 5.69 Å². The Bertz CT molecular complexity index is 2250. The van der Waals surface area contributed by atoms with Crippen LogP contribution in [0.5, 0.6) is 0 Å². The summed E-state index contributed by atoms with van der Waals surface area (Å²) in [5.74, 6) is 0.322. The summed E-state index contributed by atoms with van der Waals surface area (Å²) in [5, 5.41) is 7.72. The van der Waals surface area contributed by atoms with E-state index in [1.165, 1.54) is 64.2 Å². The van der Waals surface area contributed by atoms with Crippen LogP contribution in [0.4, 0.5) is 16.4 Å². The lowest BCUT2D eigenvalue weighted by Gasteiger charge is -2.25. The van der Waals surface area contributed by atoms with Gasteiger partial charge in [-0.2, -0.15) is 0 Å². The molecular weight excluding hydrogens is 583 g/mol. The zero-order valence-corrected chi connectivity index (χ0v) is 26.1. The molecule has 2 aliphatic rings. The summed E-state index contributed by atoms with van der Waals surface area (Å²) in [4.78, 5) is 2.42. The number of fused-ring (bicyclic) bond motifs is 7. The monoisotopic (exact) mass is 611 g/mol. The lowest BCUT2D eigenvalue weighted by Crippen LogP contribution is -2.32. The third-order valence-corrected chi connectivity index (χ3v) is 11.1. The first-order valence-corrected chi connectivity index (χ1v) is 17.0. The van der Waals surface area contributed by atoms with Crippen molar-refractivity contribution in [3.8, 4) is 11.1 Å². The molecule has 1 aliphatic heterocycles. The Hall–Kier alpha value is -4.84. The molecule has 1 aliphatic carbocycles. The fourth-order valence-electron chi connectivity index (χ4n) is 6.77. The van der Waals surface area contributed by atoms with Gasteiger partial charge >= 0.3 is 7.41 Å². The summed E-state index contributed by atoms with van der Waals surface area (Å²) in [6.45, 7) is 0. The van der Waals surface area contributed by atoms with Crippen LogP contribution in [0, 0.1) is 0 Å². The average molecular weight is 612 g/mol. The van der Waals surface area contributed by atoms with Crippen molar-refractivity contribution in [1.82, 2.24) is 0 Å². The van der Waals surface area contributed by atoms with E-state index in [1.807, 2.05) is 22.7 Å². The van der Waals surface area contributed by atoms with Crippen molar-refractivity contribution in [3.05, 3.63) is 162 Å². The summed E-state index contributed by atoms with van der Waals surface area (Å²) < 4.78 is 3.87. The Balaban J connectivity index is 1.25. The lowest BCUT2D eigenvalue weighted by atomic mass is 9.77. The Labute approximate surface area is 271 Å². The molecule has 0 amide bonds. The maximum Gasteiger partial charge on any atom is 0.303 e. The third-order valence-electron chi connectivity index (χ3n) is 8.95. The molecule has 5 heteroatoms. The number of anilines is 3. The number of rotatable bonds is 3. The Morgan fingerprint density at radius 2 is 1.29 bits per heavy atom. The van der Waals surface area contributed by atoms with Crippen molar-refractivity contribution in [3.63, 3.8) is 0 Å². The molecule has 9 rings (SSSR count). The van der Waals surface area contributed by atoms with E-state index in [0.29, 0.717) is 5.92 Å². The number of allylic oxidation sites excluding steroid dienone is 3. The van der Waals surface area contributed by atoms with E-state index in [2.05, 4.69) is 163 Å². The van der Waals surface area contributed by atoms with Crippen LogP contribution in [-0.4, -0.2) is 7.41 Å². The van der Waals surface area contributed by atoms with Gasteiger partial charge in [-0.15, -0.1) is 22.7 Å². The summed E-state index contributed by atoms with van der Waals surface area (Å²) in [7, 11) is 2.39. The van der Waals surface area contributed by atoms with E-state index in [9.17, 15) is 0 Å². The third kappa shape index (κ3) is 4.62. The largest absolute Gasteiger partial charge is 0.382 e. The Morgan fingerprint density at radius 1 is 0.644 bits per heavy atom. The summed E-state index contributed by atoms with van der Waals surface area (Å²) in [6, 6.07) is 48.2. The standard InChI is InChI=1S/C40H28BN2S2/c1-3-11-26(12-4-1)28-19-22-30(23-20-28)43-38-32-16-8-10-18-36(32)45-40(38)42-34-24-21-29(27-13-5-2-6-14-27)25-33(34)37-31-15-7-9-17-35(31)44-39(37)41-43/h1-24,29,42H,25H2. The van der Waals surface area contributed by atoms with E-state index in [0.717, 1.165) is 17.1 Å². The predicted octanol–water partition coefficient (Wildman–Crippen LogP) is 10.7. The van der Waals surface area contributed by atoms with Crippen molar-refractivity contribution >= 4 is 77.0 Å². The molecule has 1 radical (unpaired) electrons. The highest BCUT2D eigenvalue weighted by Crippen LogP contribution is 2.49. The first kappa shape index (κ1) is 26.6. The highest BCUT2D eigenvalue weighted by molar-refractivity contribution is 7.28. The van der Waals surface area contributed by atoms with Gasteiger partial charge in [0.15, 0.2) is 0 Å². The van der Waals surface area contributed by atoms with Gasteiger partial charge < -0.3 is 10.1 Å². The van der Waals surface area contributed by atoms with Crippen LogP contribution in [0.25, 0.3) is 36.9 Å². The second-order valence-electron chi connectivity index (χ2n) is 11.6. The van der Waals surface area contributed by atoms with Gasteiger partial charge in [-0.25, -0.2) is 0 Å². The summed E-state index contributed by atoms with van der Waals surface area (Å²) in [6.07, 6.45) is 5.64. The zero-order chi connectivity index (χ0) is 29.7. The molecule has 5 aromatic carbocycles. The second kappa shape index (κ2) is 11.0. The summed E-state index contributed by atoms with van der Waals surface area (Å²) >= 11 is 3.72. The van der Waals surface area contributed by atoms with Crippen LogP contribution in [0.2, 0.25) is 0 Å². The quantitative estimate of drug-likeness (QED) is 0.200. The molecule has 0 fully saturated rings. The number of benzene rings is 5. The van der Waals surface area contributed by atoms with Gasteiger partial charge in [-0.1, -0.05) is 115 Å². The molecule has 1 unspecified atom stereocenters. The molecule has 0 saturated heterocycles. The SMILES string of the molecule is [B]1c2sc3ccccc3c2C2=C(C=CC(c3ccccc3)C2)Nc2sc3ccccc3c2N1c1ccc(-c2ccccc2)cc1. The van der Waals surface area contributed by atoms with Crippen LogP contribution in [0.15, 0.2) is 151 Å². The zero-order valence-electron chi connectivity index (χ0n) is 24.5. The van der Waals surface area contributed by atoms with Crippen molar-refractivity contribution in [1.29, 1.82) is 0 Å². The van der Waals surface area contributed by atoms with Crippen LogP contribution >= 0.6 is 22.7 Å². The molecule has 1 N–H and O–H groups in total. The van der Waals surface area contributed by atoms with E-state index in [-0.39, 0.29) is 0 Å². The predicted molar refractivity (Wildman–Crippen MR) is 197 cm³/mol. The van der Waals surface area contributed by atoms with Crippen molar-refractivity contribution in [2.24, 2.45) is 0 Å². The Morgan fingerprint density at radius 3 is 2.07 bits per heavy atom. The minimum Gasteiger partial charge on any atom is -0.382 e. The molecule has 2 aromatic heterocycles. The second-order valence-corrected chi connectivity index (χ2v) is 13.8. The van der Waals surface area contributed by atoms with Gasteiger partial charge in [0.1, 0.15) is 5.00 Å². The smallest absolute Gasteiger partial charge is 0.303 e. The highest BCUT2D eigenvalue weighted by atomic mass is 32.1. The lowest BCUT2D eigenvalue weighted by molar-refractivity contribution is 0.862. The van der Waals surface area contributed by atoms with Gasteiger partial charge in [-0.3, -0.25) is 0 Å². The maximum absolute atomic E-state index is 3.99. The van der Waals surface area contributed by atoms with Crippen molar-refractivity contribution in [2.45, 2.75) is 12.3 Å². The minimum absolute atomic E-state index is 0.322. The molecule has 1 atom stereocenters. The van der Waals surface area contributed by atoms with E-state index < -0.39 is 0 Å². The van der Waals surface area contributed by atoms with Gasteiger partial charge in [0, 0.05) is 36.9 Å². The highest BCUT2D eigenvalue weighted by Gasteiger charge is 2.31. The van der Waals surface area contributed by atoms with Crippen LogP contribution < -0.4 is 14.9 Å². The number of hydrogen-bond donors (Lipinski definition) is 1. The molecule has 45 heavy (non-hydrogen) atoms. The normalized spacial score (nSPS) is 15.8. The molecular formula is C40H28BN2S2. The van der Waals surface area contributed by atoms with Crippen LogP contribution in [0.1, 0.15) is 23.5 Å². The number of thiophene rings is 2. The minimum atomic E-state index is 0.322. The van der Waals surface area contributed by atoms with Gasteiger partial charge in [-0.05, 0) is 70.0 Å². The fourth-order valence-corrected chi connectivity index (χ4v) is 9.03. The molecule has 0 spiro atoms. The molecule has 213 valence electrons. The van der Waals surface area contributed by atoms with Gasteiger partial charge in [0.25, 0.3) is 0 Å². The van der Waals surface area contributed by atoms with Gasteiger partial charge in [0.2, 0.25) is 0 Å². The molecule has 2 nitrogen and oxygen atoms in total. The van der Waals surface area contributed by atoms with E-state index in [1.54, 1.807) is 0 Å².